The molecule has 0 aliphatic rings. The molecule has 11 heteroatoms. The number of hydrogen-bond acceptors (Lipinski definition) is 6. The minimum absolute atomic E-state index is 0. The number of nitrogens with two attached hydrogens (primary N) is 2. The van der Waals surface area contributed by atoms with Gasteiger partial charge in [-0.3, -0.25) is 19.2 Å². The minimum Gasteiger partial charge on any atom is -0.480 e. The number of amides is 2. The number of carboxylic acid groups (broad SMARTS) is 2. The van der Waals surface area contributed by atoms with Crippen molar-refractivity contribution in [3.8, 4) is 0 Å². The molecule has 2 amide bonds. The van der Waals surface area contributed by atoms with Gasteiger partial charge >= 0.3 is 11.9 Å². The van der Waals surface area contributed by atoms with Crippen LogP contribution in [-0.2, 0) is 36.2 Å². The molecular weight excluding hydrogens is 408 g/mol. The van der Waals surface area contributed by atoms with E-state index >= 15 is 0 Å². The molecule has 0 saturated carbocycles. The molecule has 0 fully saturated rings. The number of nitrogens with one attached hydrogen (secondary N) is 2. The first kappa shape index (κ1) is 29.6. The molecule has 0 aromatic heterocycles. The third-order valence-electron chi connectivity index (χ3n) is 2.99. The number of carbonyl (C=O) groups excluding carboxylic acids is 2. The van der Waals surface area contributed by atoms with Gasteiger partial charge in [0.2, 0.25) is 11.8 Å². The molecule has 0 rings (SSSR count). The van der Waals surface area contributed by atoms with Crippen LogP contribution >= 0.6 is 0 Å². The molecule has 10 nitrogen and oxygen atoms in total. The average Bonchev–Trinajstić information content (AvgIpc) is 2.61. The van der Waals surface area contributed by atoms with E-state index in [1.54, 1.807) is 0 Å². The quantitative estimate of drug-likeness (QED) is 0.127. The van der Waals surface area contributed by atoms with Gasteiger partial charge in [0.1, 0.15) is 12.1 Å². The van der Waals surface area contributed by atoms with E-state index in [0.717, 1.165) is 12.2 Å². The maximum absolute atomic E-state index is 10.6. The summed E-state index contributed by atoms with van der Waals surface area (Å²) in [7, 11) is 0. The summed E-state index contributed by atoms with van der Waals surface area (Å²) in [5.41, 5.74) is 10.5. The summed E-state index contributed by atoms with van der Waals surface area (Å²) in [6.45, 7) is 7.39. The largest absolute Gasteiger partial charge is 0.480 e. The molecule has 0 bridgehead atoms. The Bertz CT molecular complexity index is 457. The molecule has 0 aliphatic carbocycles. The summed E-state index contributed by atoms with van der Waals surface area (Å²) < 4.78 is 0. The second-order valence-electron chi connectivity index (χ2n) is 5.16. The summed E-state index contributed by atoms with van der Waals surface area (Å²) in [5.74, 6) is -2.56. The van der Waals surface area contributed by atoms with Gasteiger partial charge < -0.3 is 32.3 Å². The van der Waals surface area contributed by atoms with E-state index in [0.29, 0.717) is 38.8 Å². The van der Waals surface area contributed by atoms with Crippen molar-refractivity contribution in [2.75, 3.05) is 13.1 Å². The number of hydrogen-bond donors (Lipinski definition) is 6. The first-order valence-electron chi connectivity index (χ1n) is 7.93. The Morgan fingerprint density at radius 1 is 0.815 bits per heavy atom. The number of rotatable bonds is 12. The van der Waals surface area contributed by atoms with Crippen LogP contribution < -0.4 is 22.1 Å². The van der Waals surface area contributed by atoms with Gasteiger partial charge in [-0.15, -0.1) is 0 Å². The van der Waals surface area contributed by atoms with Crippen LogP contribution in [0.25, 0.3) is 0 Å². The first-order valence-corrected chi connectivity index (χ1v) is 7.93. The number of aliphatic carboxylic acids is 2. The van der Waals surface area contributed by atoms with Gasteiger partial charge in [-0.1, -0.05) is 13.2 Å². The van der Waals surface area contributed by atoms with Crippen LogP contribution in [0, 0.1) is 0 Å². The maximum atomic E-state index is 10.6. The fourth-order valence-corrected chi connectivity index (χ4v) is 1.46. The molecule has 1 radical (unpaired) electrons. The number of carbonyl (C=O) groups is 4. The molecule has 0 unspecified atom stereocenters. The third kappa shape index (κ3) is 20.0. The molecule has 0 aliphatic heterocycles. The smallest absolute Gasteiger partial charge is 0.320 e. The van der Waals surface area contributed by atoms with E-state index in [9.17, 15) is 19.2 Å². The summed E-state index contributed by atoms with van der Waals surface area (Å²) in [4.78, 5) is 41.7. The molecule has 2 atom stereocenters. The van der Waals surface area contributed by atoms with Gasteiger partial charge in [0.25, 0.3) is 0 Å². The van der Waals surface area contributed by atoms with Crippen molar-refractivity contribution in [3.63, 3.8) is 0 Å². The molecule has 0 saturated heterocycles. The summed E-state index contributed by atoms with van der Waals surface area (Å²) in [6, 6.07) is -1.69. The Morgan fingerprint density at radius 2 is 1.11 bits per heavy atom. The molecule has 0 aromatic carbocycles. The zero-order valence-corrected chi connectivity index (χ0v) is 15.9. The summed E-state index contributed by atoms with van der Waals surface area (Å²) >= 11 is 0. The van der Waals surface area contributed by atoms with Crippen LogP contribution in [0.1, 0.15) is 25.7 Å². The van der Waals surface area contributed by atoms with Crippen molar-refractivity contribution < 1.29 is 46.5 Å². The fraction of sp³-hybridized carbons (Fsp3) is 0.500. The van der Waals surface area contributed by atoms with Crippen molar-refractivity contribution in [3.05, 3.63) is 25.3 Å². The van der Waals surface area contributed by atoms with Crippen molar-refractivity contribution in [2.45, 2.75) is 37.8 Å². The van der Waals surface area contributed by atoms with Gasteiger partial charge in [-0.05, 0) is 37.8 Å². The Balaban J connectivity index is -0.000000411. The van der Waals surface area contributed by atoms with Gasteiger partial charge in [0.05, 0.1) is 0 Å². The van der Waals surface area contributed by atoms with Crippen LogP contribution in [0.4, 0.5) is 0 Å². The molecule has 8 N–H and O–H groups in total. The predicted octanol–water partition coefficient (Wildman–Crippen LogP) is -1.04. The number of carboxylic acids is 2. The van der Waals surface area contributed by atoms with Crippen molar-refractivity contribution in [1.29, 1.82) is 0 Å². The van der Waals surface area contributed by atoms with Gasteiger partial charge in [0.15, 0.2) is 0 Å². The van der Waals surface area contributed by atoms with E-state index in [4.69, 9.17) is 21.7 Å². The molecule has 159 valence electrons. The van der Waals surface area contributed by atoms with E-state index in [-0.39, 0.29) is 28.9 Å². The van der Waals surface area contributed by atoms with E-state index in [1.165, 1.54) is 0 Å². The molecule has 0 aromatic rings. The monoisotopic (exact) mass is 435 g/mol. The standard InChI is InChI=1S/2C8H14N2O3.Cu/c2*1-2-7(11)10-5-3-4-6(9)8(12)13;/h2*2,6H,1,3-5,9H2,(H,10,11)(H,12,13);/t2*6-;/m00./s1. The zero-order valence-electron chi connectivity index (χ0n) is 14.9. The van der Waals surface area contributed by atoms with Crippen LogP contribution in [-0.4, -0.2) is 59.1 Å². The van der Waals surface area contributed by atoms with Crippen LogP contribution in [0.3, 0.4) is 0 Å². The van der Waals surface area contributed by atoms with Crippen LogP contribution in [0.5, 0.6) is 0 Å². The topological polar surface area (TPSA) is 185 Å². The summed E-state index contributed by atoms with van der Waals surface area (Å²) in [5, 5.41) is 21.9. The Morgan fingerprint density at radius 3 is 1.33 bits per heavy atom. The minimum atomic E-state index is -1.02. The predicted molar refractivity (Wildman–Crippen MR) is 96.1 cm³/mol. The normalized spacial score (nSPS) is 11.3. The third-order valence-corrected chi connectivity index (χ3v) is 2.99. The Labute approximate surface area is 168 Å². The van der Waals surface area contributed by atoms with Crippen LogP contribution in [0.2, 0.25) is 0 Å². The fourth-order valence-electron chi connectivity index (χ4n) is 1.46. The van der Waals surface area contributed by atoms with Gasteiger partial charge in [-0.2, -0.15) is 0 Å². The van der Waals surface area contributed by atoms with Crippen molar-refractivity contribution in [2.24, 2.45) is 11.5 Å². The average molecular weight is 436 g/mol. The SMILES string of the molecule is C=CC(=O)NCCC[C@H](N)C(=O)O.C=CC(=O)NCCC[C@H](N)C(=O)O.[Cu]. The molecule has 0 heterocycles. The van der Waals surface area contributed by atoms with E-state index in [1.807, 2.05) is 0 Å². The maximum Gasteiger partial charge on any atom is 0.320 e. The second kappa shape index (κ2) is 18.6. The van der Waals surface area contributed by atoms with E-state index < -0.39 is 24.0 Å². The van der Waals surface area contributed by atoms with Crippen molar-refractivity contribution >= 4 is 23.8 Å². The zero-order chi connectivity index (χ0) is 20.5. The second-order valence-corrected chi connectivity index (χ2v) is 5.16. The van der Waals surface area contributed by atoms with Crippen LogP contribution in [0.15, 0.2) is 25.3 Å². The van der Waals surface area contributed by atoms with E-state index in [2.05, 4.69) is 23.8 Å². The first-order chi connectivity index (χ1) is 12.1. The Hall–Kier alpha value is -2.20. The Kier molecular flexibility index (Phi) is 20.3. The molecule has 0 spiro atoms. The van der Waals surface area contributed by atoms with Crippen molar-refractivity contribution in [1.82, 2.24) is 10.6 Å². The molecule has 27 heavy (non-hydrogen) atoms. The molecular formula is C16H28CuN4O6. The van der Waals surface area contributed by atoms with Gasteiger partial charge in [-0.25, -0.2) is 0 Å². The summed E-state index contributed by atoms with van der Waals surface area (Å²) in [6.07, 6.45) is 4.13. The van der Waals surface area contributed by atoms with Gasteiger partial charge in [0, 0.05) is 30.2 Å².